The molecule has 1 aliphatic heterocycles. The number of carbonyl (C=O) groups excluding carboxylic acids is 1. The maximum atomic E-state index is 12.2. The molecule has 1 saturated heterocycles. The second kappa shape index (κ2) is 5.88. The molecule has 132 valence electrons. The lowest BCUT2D eigenvalue weighted by atomic mass is 10.1. The normalized spacial score (nSPS) is 29.8. The van der Waals surface area contributed by atoms with Gasteiger partial charge < -0.3 is 9.64 Å². The highest BCUT2D eigenvalue weighted by Gasteiger charge is 2.59. The van der Waals surface area contributed by atoms with E-state index in [-0.39, 0.29) is 6.09 Å². The van der Waals surface area contributed by atoms with Gasteiger partial charge in [0, 0.05) is 24.7 Å². The first-order valence-corrected chi connectivity index (χ1v) is 10.1. The first-order valence-electron chi connectivity index (χ1n) is 9.06. The molecule has 0 spiro atoms. The first-order chi connectivity index (χ1) is 11.3. The SMILES string of the molecule is CC(C)(C)OC(=O)N1C[C@@H]2C(c3cc(I)nn3C3CCCC3)[C@@H]2C1. The van der Waals surface area contributed by atoms with Crippen LogP contribution in [0.2, 0.25) is 0 Å². The van der Waals surface area contributed by atoms with Gasteiger partial charge in [0.25, 0.3) is 0 Å². The summed E-state index contributed by atoms with van der Waals surface area (Å²) in [6.45, 7) is 7.43. The van der Waals surface area contributed by atoms with Crippen LogP contribution in [0.1, 0.15) is 64.1 Å². The number of halogens is 1. The molecule has 2 saturated carbocycles. The van der Waals surface area contributed by atoms with Crippen molar-refractivity contribution in [3.05, 3.63) is 15.5 Å². The Balaban J connectivity index is 1.43. The molecule has 2 aliphatic carbocycles. The number of aromatic nitrogens is 2. The van der Waals surface area contributed by atoms with Gasteiger partial charge in [-0.05, 0) is 74.1 Å². The van der Waals surface area contributed by atoms with E-state index in [4.69, 9.17) is 9.84 Å². The number of hydrogen-bond donors (Lipinski definition) is 0. The van der Waals surface area contributed by atoms with Gasteiger partial charge in [0.2, 0.25) is 0 Å². The van der Waals surface area contributed by atoms with Crippen molar-refractivity contribution in [3.8, 4) is 0 Å². The van der Waals surface area contributed by atoms with Crippen LogP contribution in [0.5, 0.6) is 0 Å². The lowest BCUT2D eigenvalue weighted by Crippen LogP contribution is -2.37. The predicted molar refractivity (Wildman–Crippen MR) is 100.0 cm³/mol. The van der Waals surface area contributed by atoms with Crippen LogP contribution in [0, 0.1) is 15.5 Å². The van der Waals surface area contributed by atoms with Crippen molar-refractivity contribution in [2.75, 3.05) is 13.1 Å². The lowest BCUT2D eigenvalue weighted by molar-refractivity contribution is 0.0270. The molecule has 24 heavy (non-hydrogen) atoms. The van der Waals surface area contributed by atoms with E-state index in [9.17, 15) is 4.79 Å². The summed E-state index contributed by atoms with van der Waals surface area (Å²) in [4.78, 5) is 14.1. The monoisotopic (exact) mass is 443 g/mol. The number of carbonyl (C=O) groups is 1. The van der Waals surface area contributed by atoms with Gasteiger partial charge in [0.1, 0.15) is 9.30 Å². The van der Waals surface area contributed by atoms with Crippen LogP contribution in [-0.4, -0.2) is 39.5 Å². The molecule has 4 rings (SSSR count). The van der Waals surface area contributed by atoms with E-state index in [1.807, 2.05) is 25.7 Å². The molecule has 0 N–H and O–H groups in total. The van der Waals surface area contributed by atoms with Gasteiger partial charge in [0.15, 0.2) is 0 Å². The Labute approximate surface area is 157 Å². The minimum Gasteiger partial charge on any atom is -0.444 e. The average molecular weight is 443 g/mol. The van der Waals surface area contributed by atoms with Crippen molar-refractivity contribution in [3.63, 3.8) is 0 Å². The van der Waals surface area contributed by atoms with Crippen LogP contribution in [0.25, 0.3) is 0 Å². The van der Waals surface area contributed by atoms with Crippen molar-refractivity contribution in [1.82, 2.24) is 14.7 Å². The molecule has 2 heterocycles. The Bertz CT molecular complexity index is 633. The summed E-state index contributed by atoms with van der Waals surface area (Å²) >= 11 is 2.33. The van der Waals surface area contributed by atoms with Crippen LogP contribution in [0.4, 0.5) is 4.79 Å². The van der Waals surface area contributed by atoms with E-state index in [0.29, 0.717) is 23.8 Å². The summed E-state index contributed by atoms with van der Waals surface area (Å²) < 4.78 is 8.92. The molecule has 0 aromatic carbocycles. The number of amides is 1. The number of piperidine rings is 1. The third-order valence-electron chi connectivity index (χ3n) is 5.59. The minimum atomic E-state index is -0.416. The van der Waals surface area contributed by atoms with Crippen LogP contribution < -0.4 is 0 Å². The standard InChI is InChI=1S/C18H26IN3O2/c1-18(2,3)24-17(23)21-9-12-13(10-21)16(12)14-8-15(19)20-22(14)11-6-4-5-7-11/h8,11-13,16H,4-7,9-10H2,1-3H3/t12-,13+,16?. The molecular formula is C18H26IN3O2. The van der Waals surface area contributed by atoms with Crippen molar-refractivity contribution < 1.29 is 9.53 Å². The molecular weight excluding hydrogens is 417 g/mol. The van der Waals surface area contributed by atoms with E-state index >= 15 is 0 Å². The Kier molecular flexibility index (Phi) is 4.09. The molecule has 0 radical (unpaired) electrons. The predicted octanol–water partition coefficient (Wildman–Crippen LogP) is 4.18. The van der Waals surface area contributed by atoms with Crippen LogP contribution in [0.3, 0.4) is 0 Å². The number of ether oxygens (including phenoxy) is 1. The second-order valence-corrected chi connectivity index (χ2v) is 9.62. The zero-order valence-corrected chi connectivity index (χ0v) is 16.8. The summed E-state index contributed by atoms with van der Waals surface area (Å²) in [5.41, 5.74) is 0.991. The van der Waals surface area contributed by atoms with E-state index in [1.54, 1.807) is 0 Å². The number of hydrogen-bond acceptors (Lipinski definition) is 3. The largest absolute Gasteiger partial charge is 0.444 e. The minimum absolute atomic E-state index is 0.160. The van der Waals surface area contributed by atoms with Gasteiger partial charge in [-0.2, -0.15) is 5.10 Å². The van der Waals surface area contributed by atoms with Crippen LogP contribution in [-0.2, 0) is 4.74 Å². The fourth-order valence-corrected chi connectivity index (χ4v) is 5.06. The maximum absolute atomic E-state index is 12.2. The van der Waals surface area contributed by atoms with Crippen molar-refractivity contribution in [2.24, 2.45) is 11.8 Å². The maximum Gasteiger partial charge on any atom is 0.410 e. The molecule has 3 atom stereocenters. The molecule has 5 nitrogen and oxygen atoms in total. The quantitative estimate of drug-likeness (QED) is 0.645. The van der Waals surface area contributed by atoms with Gasteiger partial charge in [-0.3, -0.25) is 4.68 Å². The van der Waals surface area contributed by atoms with Crippen molar-refractivity contribution in [2.45, 2.75) is 64.0 Å². The molecule has 1 aromatic rings. The van der Waals surface area contributed by atoms with Crippen molar-refractivity contribution >= 4 is 28.7 Å². The highest BCUT2D eigenvalue weighted by molar-refractivity contribution is 14.1. The number of fused-ring (bicyclic) bond motifs is 1. The topological polar surface area (TPSA) is 47.4 Å². The zero-order valence-electron chi connectivity index (χ0n) is 14.7. The molecule has 6 heteroatoms. The summed E-state index contributed by atoms with van der Waals surface area (Å²) in [5.74, 6) is 1.76. The van der Waals surface area contributed by atoms with E-state index in [1.165, 1.54) is 31.4 Å². The summed E-state index contributed by atoms with van der Waals surface area (Å²) in [6, 6.07) is 2.85. The number of likely N-dealkylation sites (tertiary alicyclic amines) is 1. The molecule has 3 fully saturated rings. The number of rotatable bonds is 2. The molecule has 1 unspecified atom stereocenters. The average Bonchev–Trinajstić information content (AvgIpc) is 2.98. The van der Waals surface area contributed by atoms with Gasteiger partial charge in [-0.25, -0.2) is 4.79 Å². The first kappa shape index (κ1) is 16.7. The molecule has 0 bridgehead atoms. The van der Waals surface area contributed by atoms with Gasteiger partial charge in [-0.1, -0.05) is 12.8 Å². The Morgan fingerprint density at radius 2 is 1.88 bits per heavy atom. The summed E-state index contributed by atoms with van der Waals surface area (Å²) in [5, 5.41) is 4.78. The fraction of sp³-hybridized carbons (Fsp3) is 0.778. The van der Waals surface area contributed by atoms with E-state index < -0.39 is 5.60 Å². The van der Waals surface area contributed by atoms with E-state index in [2.05, 4.69) is 33.3 Å². The Hall–Kier alpha value is -0.790. The van der Waals surface area contributed by atoms with Gasteiger partial charge >= 0.3 is 6.09 Å². The lowest BCUT2D eigenvalue weighted by Gasteiger charge is -2.26. The highest BCUT2D eigenvalue weighted by atomic mass is 127. The third-order valence-corrected chi connectivity index (χ3v) is 6.12. The highest BCUT2D eigenvalue weighted by Crippen LogP contribution is 2.59. The van der Waals surface area contributed by atoms with Crippen LogP contribution >= 0.6 is 22.6 Å². The molecule has 1 aromatic heterocycles. The van der Waals surface area contributed by atoms with Gasteiger partial charge in [-0.15, -0.1) is 0 Å². The Morgan fingerprint density at radius 3 is 2.46 bits per heavy atom. The van der Waals surface area contributed by atoms with Gasteiger partial charge in [0.05, 0.1) is 6.04 Å². The second-order valence-electron chi connectivity index (χ2n) is 8.51. The summed E-state index contributed by atoms with van der Waals surface area (Å²) in [6.07, 6.45) is 5.01. The smallest absolute Gasteiger partial charge is 0.410 e. The third kappa shape index (κ3) is 3.06. The van der Waals surface area contributed by atoms with Crippen LogP contribution in [0.15, 0.2) is 6.07 Å². The fourth-order valence-electron chi connectivity index (χ4n) is 4.51. The molecule has 3 aliphatic rings. The van der Waals surface area contributed by atoms with Crippen molar-refractivity contribution in [1.29, 1.82) is 0 Å². The number of nitrogens with zero attached hydrogens (tertiary/aromatic N) is 3. The zero-order chi connectivity index (χ0) is 17.1. The Morgan fingerprint density at radius 1 is 1.25 bits per heavy atom. The summed E-state index contributed by atoms with van der Waals surface area (Å²) in [7, 11) is 0. The van der Waals surface area contributed by atoms with E-state index in [0.717, 1.165) is 16.8 Å². The molecule has 1 amide bonds.